The van der Waals surface area contributed by atoms with Gasteiger partial charge in [-0.15, -0.1) is 0 Å². The summed E-state index contributed by atoms with van der Waals surface area (Å²) in [4.78, 5) is 19.2. The van der Waals surface area contributed by atoms with Crippen LogP contribution in [0, 0.1) is 11.7 Å². The molecule has 6 nitrogen and oxygen atoms in total. The van der Waals surface area contributed by atoms with Gasteiger partial charge in [0.05, 0.1) is 11.4 Å². The summed E-state index contributed by atoms with van der Waals surface area (Å²) in [7, 11) is 0. The first-order chi connectivity index (χ1) is 13.8. The van der Waals surface area contributed by atoms with Crippen molar-refractivity contribution in [2.24, 2.45) is 5.92 Å². The van der Waals surface area contributed by atoms with E-state index in [2.05, 4.69) is 35.8 Å². The van der Waals surface area contributed by atoms with Gasteiger partial charge in [-0.05, 0) is 50.0 Å². The molecular weight excluding hydrogens is 369 g/mol. The molecule has 0 N–H and O–H groups in total. The molecule has 7 heteroatoms. The molecule has 0 amide bonds. The van der Waals surface area contributed by atoms with Gasteiger partial charge >= 0.3 is 0 Å². The molecule has 0 saturated carbocycles. The van der Waals surface area contributed by atoms with Gasteiger partial charge in [0.15, 0.2) is 0 Å². The summed E-state index contributed by atoms with van der Waals surface area (Å²) >= 11 is 0. The van der Waals surface area contributed by atoms with Gasteiger partial charge < -0.3 is 4.40 Å². The molecule has 1 fully saturated rings. The summed E-state index contributed by atoms with van der Waals surface area (Å²) in [5, 5.41) is 4.60. The Bertz CT molecular complexity index is 1060. The third-order valence-corrected chi connectivity index (χ3v) is 5.62. The van der Waals surface area contributed by atoms with Crippen LogP contribution in [0.2, 0.25) is 0 Å². The summed E-state index contributed by atoms with van der Waals surface area (Å²) in [6.45, 7) is 9.67. The van der Waals surface area contributed by atoms with Crippen molar-refractivity contribution in [3.8, 4) is 0 Å². The Morgan fingerprint density at radius 1 is 1.10 bits per heavy atom. The molecule has 0 radical (unpaired) electrons. The van der Waals surface area contributed by atoms with Crippen LogP contribution in [-0.4, -0.2) is 37.2 Å². The zero-order valence-electron chi connectivity index (χ0n) is 17.3. The second-order valence-electron chi connectivity index (χ2n) is 9.05. The highest BCUT2D eigenvalue weighted by Gasteiger charge is 2.22. The smallest absolute Gasteiger partial charge is 0.266 e. The van der Waals surface area contributed by atoms with Crippen molar-refractivity contribution in [3.05, 3.63) is 64.2 Å². The van der Waals surface area contributed by atoms with Crippen molar-refractivity contribution in [1.29, 1.82) is 0 Å². The number of pyridine rings is 1. The summed E-state index contributed by atoms with van der Waals surface area (Å²) in [6.07, 6.45) is 5.40. The first kappa shape index (κ1) is 19.8. The fourth-order valence-corrected chi connectivity index (χ4v) is 3.87. The van der Waals surface area contributed by atoms with Gasteiger partial charge in [0, 0.05) is 37.0 Å². The highest BCUT2D eigenvalue weighted by Crippen LogP contribution is 2.22. The molecule has 1 saturated heterocycles. The van der Waals surface area contributed by atoms with Crippen LogP contribution in [0.4, 0.5) is 4.39 Å². The summed E-state index contributed by atoms with van der Waals surface area (Å²) in [5.74, 6) is 0.184. The zero-order valence-corrected chi connectivity index (χ0v) is 17.3. The molecule has 0 bridgehead atoms. The maximum atomic E-state index is 13.4. The minimum absolute atomic E-state index is 0.0302. The van der Waals surface area contributed by atoms with E-state index in [4.69, 9.17) is 0 Å². The molecule has 1 aliphatic rings. The minimum Gasteiger partial charge on any atom is -0.304 e. The average molecular weight is 397 g/mol. The number of piperidine rings is 1. The molecule has 0 aromatic carbocycles. The van der Waals surface area contributed by atoms with Crippen molar-refractivity contribution in [3.63, 3.8) is 0 Å². The minimum atomic E-state index is -0.262. The number of hydrogen-bond acceptors (Lipinski definition) is 4. The molecule has 0 aliphatic carbocycles. The number of aromatic nitrogens is 4. The van der Waals surface area contributed by atoms with Gasteiger partial charge in [-0.3, -0.25) is 9.69 Å². The van der Waals surface area contributed by atoms with Gasteiger partial charge in [0.2, 0.25) is 0 Å². The van der Waals surface area contributed by atoms with E-state index in [1.807, 2.05) is 12.3 Å². The Kier molecular flexibility index (Phi) is 5.25. The van der Waals surface area contributed by atoms with Crippen molar-refractivity contribution in [2.75, 3.05) is 13.1 Å². The average Bonchev–Trinajstić information content (AvgIpc) is 3.05. The van der Waals surface area contributed by atoms with Crippen LogP contribution in [0.25, 0.3) is 5.65 Å². The van der Waals surface area contributed by atoms with Crippen LogP contribution in [0.3, 0.4) is 0 Å². The molecule has 3 aromatic heterocycles. The second kappa shape index (κ2) is 7.71. The lowest BCUT2D eigenvalue weighted by molar-refractivity contribution is 0.162. The third kappa shape index (κ3) is 4.56. The van der Waals surface area contributed by atoms with Gasteiger partial charge in [-0.25, -0.2) is 14.1 Å². The van der Waals surface area contributed by atoms with Crippen LogP contribution in [0.5, 0.6) is 0 Å². The SMILES string of the molecule is CC(C)(C)c1ccc(=O)n(CC2CCN(Cc3cn4cc(F)ccc4n3)CC2)n1. The van der Waals surface area contributed by atoms with Crippen LogP contribution in [0.15, 0.2) is 41.5 Å². The molecule has 0 spiro atoms. The van der Waals surface area contributed by atoms with E-state index in [0.717, 1.165) is 49.5 Å². The van der Waals surface area contributed by atoms with Crippen molar-refractivity contribution >= 4 is 5.65 Å². The van der Waals surface area contributed by atoms with E-state index in [0.29, 0.717) is 12.5 Å². The first-order valence-electron chi connectivity index (χ1n) is 10.2. The molecule has 154 valence electrons. The van der Waals surface area contributed by atoms with Crippen molar-refractivity contribution in [1.82, 2.24) is 24.1 Å². The molecule has 0 unspecified atom stereocenters. The lowest BCUT2D eigenvalue weighted by Gasteiger charge is -2.31. The number of rotatable bonds is 4. The number of nitrogens with zero attached hydrogens (tertiary/aromatic N) is 5. The lowest BCUT2D eigenvalue weighted by Crippen LogP contribution is -2.37. The van der Waals surface area contributed by atoms with Crippen molar-refractivity contribution in [2.45, 2.75) is 52.1 Å². The summed E-state index contributed by atoms with van der Waals surface area (Å²) in [5.41, 5.74) is 2.55. The molecule has 1 aliphatic heterocycles. The maximum absolute atomic E-state index is 13.4. The zero-order chi connectivity index (χ0) is 20.6. The predicted octanol–water partition coefficient (Wildman–Crippen LogP) is 3.24. The Labute approximate surface area is 170 Å². The molecule has 4 heterocycles. The topological polar surface area (TPSA) is 55.4 Å². The van der Waals surface area contributed by atoms with Gasteiger partial charge in [0.25, 0.3) is 5.56 Å². The Morgan fingerprint density at radius 2 is 1.86 bits per heavy atom. The normalized spacial score (nSPS) is 16.6. The van der Waals surface area contributed by atoms with Gasteiger partial charge in [-0.2, -0.15) is 5.10 Å². The van der Waals surface area contributed by atoms with Crippen LogP contribution in [-0.2, 0) is 18.5 Å². The maximum Gasteiger partial charge on any atom is 0.266 e. The predicted molar refractivity (Wildman–Crippen MR) is 110 cm³/mol. The van der Waals surface area contributed by atoms with E-state index in [1.54, 1.807) is 21.2 Å². The number of imidazole rings is 1. The number of likely N-dealkylation sites (tertiary alicyclic amines) is 1. The van der Waals surface area contributed by atoms with E-state index in [1.165, 1.54) is 12.3 Å². The van der Waals surface area contributed by atoms with Crippen LogP contribution >= 0.6 is 0 Å². The first-order valence-corrected chi connectivity index (χ1v) is 10.2. The fourth-order valence-electron chi connectivity index (χ4n) is 3.87. The standard InChI is InChI=1S/C22H28FN5O/c1-22(2,3)19-5-7-21(29)28(25-19)12-16-8-10-26(11-9-16)14-18-15-27-13-17(23)4-6-20(27)24-18/h4-7,13,15-16H,8-12,14H2,1-3H3. The molecular formula is C22H28FN5O. The van der Waals surface area contributed by atoms with Crippen molar-refractivity contribution < 1.29 is 4.39 Å². The quantitative estimate of drug-likeness (QED) is 0.678. The third-order valence-electron chi connectivity index (χ3n) is 5.62. The van der Waals surface area contributed by atoms with E-state index >= 15 is 0 Å². The van der Waals surface area contributed by atoms with E-state index < -0.39 is 0 Å². The Balaban J connectivity index is 1.36. The molecule has 29 heavy (non-hydrogen) atoms. The molecule has 4 rings (SSSR count). The largest absolute Gasteiger partial charge is 0.304 e. The highest BCUT2D eigenvalue weighted by molar-refractivity contribution is 5.39. The monoisotopic (exact) mass is 397 g/mol. The van der Waals surface area contributed by atoms with Gasteiger partial charge in [-0.1, -0.05) is 20.8 Å². The second-order valence-corrected chi connectivity index (χ2v) is 9.05. The highest BCUT2D eigenvalue weighted by atomic mass is 19.1. The Hall–Kier alpha value is -2.54. The summed E-state index contributed by atoms with van der Waals surface area (Å²) in [6, 6.07) is 6.60. The van der Waals surface area contributed by atoms with Gasteiger partial charge in [0.1, 0.15) is 11.5 Å². The van der Waals surface area contributed by atoms with Crippen LogP contribution < -0.4 is 5.56 Å². The van der Waals surface area contributed by atoms with E-state index in [-0.39, 0.29) is 16.8 Å². The molecule has 0 atom stereocenters. The molecule has 3 aromatic rings. The number of halogens is 1. The number of fused-ring (bicyclic) bond motifs is 1. The Morgan fingerprint density at radius 3 is 2.59 bits per heavy atom. The lowest BCUT2D eigenvalue weighted by atomic mass is 9.92. The summed E-state index contributed by atoms with van der Waals surface area (Å²) < 4.78 is 16.7. The number of hydrogen-bond donors (Lipinski definition) is 0. The van der Waals surface area contributed by atoms with Crippen LogP contribution in [0.1, 0.15) is 45.0 Å². The fraction of sp³-hybridized carbons (Fsp3) is 0.500. The van der Waals surface area contributed by atoms with E-state index in [9.17, 15) is 9.18 Å².